The van der Waals surface area contributed by atoms with Crippen LogP contribution in [0.1, 0.15) is 11.3 Å². The Morgan fingerprint density at radius 1 is 1.32 bits per heavy atom. The summed E-state index contributed by atoms with van der Waals surface area (Å²) in [5, 5.41) is 6.82. The highest BCUT2D eigenvalue weighted by molar-refractivity contribution is 6.32. The van der Waals surface area contributed by atoms with Crippen molar-refractivity contribution in [1.82, 2.24) is 15.1 Å². The van der Waals surface area contributed by atoms with Crippen LogP contribution in [0.4, 0.5) is 13.2 Å². The number of hydrogen-bond donors (Lipinski definition) is 1. The fraction of sp³-hybridized carbons (Fsp3) is 0.250. The molecule has 0 fully saturated rings. The molecule has 2 rings (SSSR count). The first-order chi connectivity index (χ1) is 8.93. The molecule has 0 radical (unpaired) electrons. The summed E-state index contributed by atoms with van der Waals surface area (Å²) in [5.41, 5.74) is 0.281. The summed E-state index contributed by atoms with van der Waals surface area (Å²) in [6.07, 6.45) is -3.21. The van der Waals surface area contributed by atoms with Crippen LogP contribution < -0.4 is 5.32 Å². The van der Waals surface area contributed by atoms with Crippen LogP contribution in [-0.2, 0) is 12.7 Å². The van der Waals surface area contributed by atoms with Crippen LogP contribution >= 0.6 is 11.6 Å². The van der Waals surface area contributed by atoms with Gasteiger partial charge in [-0.3, -0.25) is 0 Å². The lowest BCUT2D eigenvalue weighted by molar-refractivity contribution is -0.141. The average Bonchev–Trinajstić information content (AvgIpc) is 2.78. The summed E-state index contributed by atoms with van der Waals surface area (Å²) in [4.78, 5) is 0. The molecule has 0 aliphatic carbocycles. The third-order valence-corrected chi connectivity index (χ3v) is 2.85. The Morgan fingerprint density at radius 3 is 2.63 bits per heavy atom. The second-order valence-electron chi connectivity index (χ2n) is 3.92. The molecule has 0 saturated carbocycles. The van der Waals surface area contributed by atoms with Crippen LogP contribution in [0.25, 0.3) is 5.69 Å². The standard InChI is InChI=1S/C12H11ClF3N3/c1-17-7-8-3-2-4-9(13)11(8)19-6-5-10(18-19)12(14,15)16/h2-6,17H,7H2,1H3. The van der Waals surface area contributed by atoms with Crippen LogP contribution in [-0.4, -0.2) is 16.8 Å². The molecule has 0 bridgehead atoms. The quantitative estimate of drug-likeness (QED) is 0.940. The monoisotopic (exact) mass is 289 g/mol. The summed E-state index contributed by atoms with van der Waals surface area (Å²) in [6.45, 7) is 0.483. The largest absolute Gasteiger partial charge is 0.435 e. The van der Waals surface area contributed by atoms with Gasteiger partial charge in [-0.05, 0) is 24.7 Å². The Kier molecular flexibility index (Phi) is 3.82. The number of hydrogen-bond acceptors (Lipinski definition) is 2. The van der Waals surface area contributed by atoms with Crippen LogP contribution in [0.2, 0.25) is 5.02 Å². The van der Waals surface area contributed by atoms with E-state index in [1.165, 1.54) is 6.20 Å². The van der Waals surface area contributed by atoms with Crippen molar-refractivity contribution in [1.29, 1.82) is 0 Å². The van der Waals surface area contributed by atoms with E-state index in [0.29, 0.717) is 17.3 Å². The molecule has 0 unspecified atom stereocenters. The van der Waals surface area contributed by atoms with E-state index in [1.54, 1.807) is 25.2 Å². The molecule has 2 aromatic rings. The minimum absolute atomic E-state index is 0.351. The maximum Gasteiger partial charge on any atom is 0.435 e. The zero-order valence-electron chi connectivity index (χ0n) is 10.0. The molecule has 0 aliphatic heterocycles. The fourth-order valence-electron chi connectivity index (χ4n) is 1.75. The van der Waals surface area contributed by atoms with Crippen molar-refractivity contribution >= 4 is 11.6 Å². The van der Waals surface area contributed by atoms with Gasteiger partial charge in [0.1, 0.15) is 0 Å². The molecular weight excluding hydrogens is 279 g/mol. The van der Waals surface area contributed by atoms with Crippen molar-refractivity contribution in [3.05, 3.63) is 46.7 Å². The first kappa shape index (κ1) is 13.9. The molecule has 1 heterocycles. The Bertz CT molecular complexity index is 578. The number of nitrogens with one attached hydrogen (secondary N) is 1. The van der Waals surface area contributed by atoms with E-state index in [2.05, 4.69) is 10.4 Å². The van der Waals surface area contributed by atoms with Gasteiger partial charge in [-0.25, -0.2) is 4.68 Å². The molecule has 0 spiro atoms. The second kappa shape index (κ2) is 5.22. The van der Waals surface area contributed by atoms with E-state index >= 15 is 0 Å². The first-order valence-corrected chi connectivity index (χ1v) is 5.86. The SMILES string of the molecule is CNCc1cccc(Cl)c1-n1ccc(C(F)(F)F)n1. The Labute approximate surface area is 113 Å². The van der Waals surface area contributed by atoms with Gasteiger partial charge in [-0.1, -0.05) is 23.7 Å². The maximum atomic E-state index is 12.5. The van der Waals surface area contributed by atoms with Crippen LogP contribution in [0, 0.1) is 0 Å². The zero-order chi connectivity index (χ0) is 14.0. The molecular formula is C12H11ClF3N3. The van der Waals surface area contributed by atoms with E-state index in [0.717, 1.165) is 16.3 Å². The molecule has 3 nitrogen and oxygen atoms in total. The second-order valence-corrected chi connectivity index (χ2v) is 4.33. The van der Waals surface area contributed by atoms with Gasteiger partial charge in [0.2, 0.25) is 0 Å². The number of aromatic nitrogens is 2. The summed E-state index contributed by atoms with van der Waals surface area (Å²) < 4.78 is 38.8. The fourth-order valence-corrected chi connectivity index (χ4v) is 2.03. The van der Waals surface area contributed by atoms with Crippen molar-refractivity contribution in [2.45, 2.75) is 12.7 Å². The van der Waals surface area contributed by atoms with Crippen LogP contribution in [0.5, 0.6) is 0 Å². The summed E-state index contributed by atoms with van der Waals surface area (Å²) >= 11 is 6.05. The van der Waals surface area contributed by atoms with Crippen molar-refractivity contribution in [3.63, 3.8) is 0 Å². The summed E-state index contributed by atoms with van der Waals surface area (Å²) in [7, 11) is 1.74. The van der Waals surface area contributed by atoms with Gasteiger partial charge in [0.25, 0.3) is 0 Å². The Hall–Kier alpha value is -1.53. The Morgan fingerprint density at radius 2 is 2.05 bits per heavy atom. The molecule has 1 N–H and O–H groups in total. The van der Waals surface area contributed by atoms with Gasteiger partial charge in [0.05, 0.1) is 10.7 Å². The highest BCUT2D eigenvalue weighted by Crippen LogP contribution is 2.30. The molecule has 1 aromatic carbocycles. The highest BCUT2D eigenvalue weighted by atomic mass is 35.5. The number of halogens is 4. The predicted octanol–water partition coefficient (Wildman–Crippen LogP) is 3.26. The molecule has 0 atom stereocenters. The lowest BCUT2D eigenvalue weighted by Crippen LogP contribution is -2.11. The minimum atomic E-state index is -4.46. The molecule has 102 valence electrons. The zero-order valence-corrected chi connectivity index (χ0v) is 10.8. The predicted molar refractivity (Wildman–Crippen MR) is 66.3 cm³/mol. The van der Waals surface area contributed by atoms with Crippen molar-refractivity contribution in [3.8, 4) is 5.69 Å². The van der Waals surface area contributed by atoms with Gasteiger partial charge in [0.15, 0.2) is 5.69 Å². The third kappa shape index (κ3) is 2.90. The van der Waals surface area contributed by atoms with Gasteiger partial charge < -0.3 is 5.32 Å². The van der Waals surface area contributed by atoms with Gasteiger partial charge in [-0.15, -0.1) is 0 Å². The lowest BCUT2D eigenvalue weighted by Gasteiger charge is -2.11. The average molecular weight is 290 g/mol. The van der Waals surface area contributed by atoms with Gasteiger partial charge in [0, 0.05) is 12.7 Å². The number of alkyl halides is 3. The minimum Gasteiger partial charge on any atom is -0.316 e. The molecule has 0 saturated heterocycles. The maximum absolute atomic E-state index is 12.5. The number of rotatable bonds is 3. The summed E-state index contributed by atoms with van der Waals surface area (Å²) in [5.74, 6) is 0. The van der Waals surface area contributed by atoms with E-state index in [4.69, 9.17) is 11.6 Å². The van der Waals surface area contributed by atoms with Gasteiger partial charge in [-0.2, -0.15) is 18.3 Å². The molecule has 19 heavy (non-hydrogen) atoms. The number of benzene rings is 1. The normalized spacial score (nSPS) is 11.8. The van der Waals surface area contributed by atoms with Crippen molar-refractivity contribution in [2.75, 3.05) is 7.05 Å². The smallest absolute Gasteiger partial charge is 0.316 e. The summed E-state index contributed by atoms with van der Waals surface area (Å²) in [6, 6.07) is 6.07. The third-order valence-electron chi connectivity index (χ3n) is 2.55. The van der Waals surface area contributed by atoms with E-state index in [-0.39, 0.29) is 0 Å². The molecule has 7 heteroatoms. The van der Waals surface area contributed by atoms with E-state index in [1.807, 2.05) is 0 Å². The first-order valence-electron chi connectivity index (χ1n) is 5.48. The van der Waals surface area contributed by atoms with Crippen molar-refractivity contribution in [2.24, 2.45) is 0 Å². The Balaban J connectivity index is 2.49. The van der Waals surface area contributed by atoms with Crippen molar-refractivity contribution < 1.29 is 13.2 Å². The van der Waals surface area contributed by atoms with Crippen LogP contribution in [0.3, 0.4) is 0 Å². The highest BCUT2D eigenvalue weighted by Gasteiger charge is 2.33. The van der Waals surface area contributed by atoms with Crippen LogP contribution in [0.15, 0.2) is 30.5 Å². The molecule has 1 aromatic heterocycles. The molecule has 0 amide bonds. The van der Waals surface area contributed by atoms with Gasteiger partial charge >= 0.3 is 6.18 Å². The number of para-hydroxylation sites is 1. The van der Waals surface area contributed by atoms with E-state index < -0.39 is 11.9 Å². The number of nitrogens with zero attached hydrogens (tertiary/aromatic N) is 2. The van der Waals surface area contributed by atoms with E-state index in [9.17, 15) is 13.2 Å². The molecule has 0 aliphatic rings. The lowest BCUT2D eigenvalue weighted by atomic mass is 10.2. The topological polar surface area (TPSA) is 29.9 Å².